The fourth-order valence-electron chi connectivity index (χ4n) is 1.67. The molecule has 0 aliphatic heterocycles. The molecule has 0 saturated heterocycles. The molecule has 0 aliphatic rings. The normalized spacial score (nSPS) is 10.1. The fraction of sp³-hybridized carbons (Fsp3) is 0.200. The molecule has 0 spiro atoms. The van der Waals surface area contributed by atoms with Crippen molar-refractivity contribution in [2.24, 2.45) is 0 Å². The largest absolute Gasteiger partial charge is 0.467 e. The minimum Gasteiger partial charge on any atom is -0.467 e. The number of aryl methyl sites for hydroxylation is 1. The van der Waals surface area contributed by atoms with Gasteiger partial charge in [-0.15, -0.1) is 0 Å². The molecule has 2 rings (SSSR count). The van der Waals surface area contributed by atoms with Crippen LogP contribution < -0.4 is 16.0 Å². The van der Waals surface area contributed by atoms with Gasteiger partial charge in [0.1, 0.15) is 5.76 Å². The minimum atomic E-state index is -0.178. The summed E-state index contributed by atoms with van der Waals surface area (Å²) in [5.41, 5.74) is 1.76. The maximum absolute atomic E-state index is 11.7. The zero-order chi connectivity index (χ0) is 15.9. The Morgan fingerprint density at radius 2 is 2.14 bits per heavy atom. The average molecular weight is 338 g/mol. The first kappa shape index (κ1) is 16.3. The molecule has 1 aromatic carbocycles. The van der Waals surface area contributed by atoms with E-state index in [1.54, 1.807) is 24.5 Å². The van der Waals surface area contributed by atoms with E-state index in [9.17, 15) is 4.79 Å². The van der Waals surface area contributed by atoms with E-state index in [-0.39, 0.29) is 12.5 Å². The maximum Gasteiger partial charge on any atom is 0.239 e. The van der Waals surface area contributed by atoms with Gasteiger partial charge >= 0.3 is 0 Å². The summed E-state index contributed by atoms with van der Waals surface area (Å²) < 4.78 is 5.12. The van der Waals surface area contributed by atoms with Gasteiger partial charge in [0, 0.05) is 10.7 Å². The van der Waals surface area contributed by atoms with Crippen LogP contribution in [0.2, 0.25) is 5.02 Å². The molecule has 0 radical (unpaired) electrons. The van der Waals surface area contributed by atoms with E-state index >= 15 is 0 Å². The standard InChI is InChI=1S/C15H16ClN3O2S/c1-10-4-5-11(7-13(10)16)19-15(22)18-9-14(20)17-8-12-3-2-6-21-12/h2-7H,8-9H2,1H3,(H,17,20)(H2,18,19,22). The van der Waals surface area contributed by atoms with Gasteiger partial charge in [-0.25, -0.2) is 0 Å². The van der Waals surface area contributed by atoms with Crippen LogP contribution in [0.5, 0.6) is 0 Å². The van der Waals surface area contributed by atoms with Gasteiger partial charge in [-0.1, -0.05) is 17.7 Å². The Bertz CT molecular complexity index is 659. The molecule has 1 amide bonds. The predicted molar refractivity (Wildman–Crippen MR) is 91.0 cm³/mol. The molecule has 2 aromatic rings. The Morgan fingerprint density at radius 3 is 2.82 bits per heavy atom. The minimum absolute atomic E-state index is 0.0755. The molecule has 1 heterocycles. The fourth-order valence-corrected chi connectivity index (χ4v) is 2.04. The van der Waals surface area contributed by atoms with Gasteiger partial charge in [-0.3, -0.25) is 4.79 Å². The first-order valence-corrected chi connectivity index (χ1v) is 7.43. The number of carbonyl (C=O) groups is 1. The van der Waals surface area contributed by atoms with Crippen LogP contribution in [0.25, 0.3) is 0 Å². The molecule has 7 heteroatoms. The Labute approximate surface area is 139 Å². The number of nitrogens with one attached hydrogen (secondary N) is 3. The van der Waals surface area contributed by atoms with Crippen LogP contribution in [0, 0.1) is 6.92 Å². The van der Waals surface area contributed by atoms with Crippen LogP contribution in [-0.2, 0) is 11.3 Å². The number of benzene rings is 1. The molecule has 0 atom stereocenters. The van der Waals surface area contributed by atoms with Gasteiger partial charge in [-0.2, -0.15) is 0 Å². The highest BCUT2D eigenvalue weighted by Gasteiger charge is 2.05. The van der Waals surface area contributed by atoms with E-state index in [1.165, 1.54) is 0 Å². The molecule has 0 unspecified atom stereocenters. The lowest BCUT2D eigenvalue weighted by molar-refractivity contribution is -0.120. The summed E-state index contributed by atoms with van der Waals surface area (Å²) >= 11 is 11.2. The smallest absolute Gasteiger partial charge is 0.239 e. The summed E-state index contributed by atoms with van der Waals surface area (Å²) in [7, 11) is 0. The van der Waals surface area contributed by atoms with E-state index in [2.05, 4.69) is 16.0 Å². The highest BCUT2D eigenvalue weighted by Crippen LogP contribution is 2.19. The SMILES string of the molecule is Cc1ccc(NC(=S)NCC(=O)NCc2ccco2)cc1Cl. The first-order valence-electron chi connectivity index (χ1n) is 6.64. The lowest BCUT2D eigenvalue weighted by atomic mass is 10.2. The number of anilines is 1. The van der Waals surface area contributed by atoms with E-state index < -0.39 is 0 Å². The van der Waals surface area contributed by atoms with Crippen LogP contribution in [0.15, 0.2) is 41.0 Å². The van der Waals surface area contributed by atoms with Crippen LogP contribution >= 0.6 is 23.8 Å². The van der Waals surface area contributed by atoms with Crippen molar-refractivity contribution in [3.63, 3.8) is 0 Å². The van der Waals surface area contributed by atoms with Crippen molar-refractivity contribution in [1.29, 1.82) is 0 Å². The van der Waals surface area contributed by atoms with Crippen LogP contribution in [0.4, 0.5) is 5.69 Å². The van der Waals surface area contributed by atoms with Crippen LogP contribution in [0.1, 0.15) is 11.3 Å². The number of halogens is 1. The molecular formula is C15H16ClN3O2S. The van der Waals surface area contributed by atoms with Crippen molar-refractivity contribution in [3.05, 3.63) is 52.9 Å². The maximum atomic E-state index is 11.7. The van der Waals surface area contributed by atoms with Crippen molar-refractivity contribution in [2.75, 3.05) is 11.9 Å². The van der Waals surface area contributed by atoms with E-state index in [1.807, 2.05) is 19.1 Å². The molecule has 0 bridgehead atoms. The third kappa shape index (κ3) is 5.05. The number of furan rings is 1. The average Bonchev–Trinajstić information content (AvgIpc) is 3.00. The molecule has 1 aromatic heterocycles. The van der Waals surface area contributed by atoms with Crippen molar-refractivity contribution < 1.29 is 9.21 Å². The van der Waals surface area contributed by atoms with Gasteiger partial charge < -0.3 is 20.4 Å². The topological polar surface area (TPSA) is 66.3 Å². The van der Waals surface area contributed by atoms with Crippen molar-refractivity contribution in [2.45, 2.75) is 13.5 Å². The molecule has 0 saturated carbocycles. The number of amides is 1. The Kier molecular flexibility index (Phi) is 5.80. The quantitative estimate of drug-likeness (QED) is 0.732. The number of hydrogen-bond donors (Lipinski definition) is 3. The summed E-state index contributed by atoms with van der Waals surface area (Å²) in [5, 5.41) is 9.53. The van der Waals surface area contributed by atoms with Crippen molar-refractivity contribution in [1.82, 2.24) is 10.6 Å². The number of rotatable bonds is 5. The van der Waals surface area contributed by atoms with Gasteiger partial charge in [-0.05, 0) is 49.0 Å². The monoisotopic (exact) mass is 337 g/mol. The van der Waals surface area contributed by atoms with E-state index in [0.717, 1.165) is 11.3 Å². The summed E-state index contributed by atoms with van der Waals surface area (Å²) in [4.78, 5) is 11.7. The van der Waals surface area contributed by atoms with E-state index in [0.29, 0.717) is 22.4 Å². The zero-order valence-electron chi connectivity index (χ0n) is 12.0. The third-order valence-corrected chi connectivity index (χ3v) is 3.53. The summed E-state index contributed by atoms with van der Waals surface area (Å²) in [6.07, 6.45) is 1.56. The number of carbonyl (C=O) groups excluding carboxylic acids is 1. The second kappa shape index (κ2) is 7.82. The van der Waals surface area contributed by atoms with Crippen LogP contribution in [-0.4, -0.2) is 17.6 Å². The zero-order valence-corrected chi connectivity index (χ0v) is 13.6. The molecule has 5 nitrogen and oxygen atoms in total. The summed E-state index contributed by atoms with van der Waals surface area (Å²) in [6, 6.07) is 9.10. The molecule has 22 heavy (non-hydrogen) atoms. The third-order valence-electron chi connectivity index (χ3n) is 2.88. The van der Waals surface area contributed by atoms with Gasteiger partial charge in [0.05, 0.1) is 19.4 Å². The van der Waals surface area contributed by atoms with E-state index in [4.69, 9.17) is 28.2 Å². The summed E-state index contributed by atoms with van der Waals surface area (Å²) in [6.45, 7) is 2.35. The summed E-state index contributed by atoms with van der Waals surface area (Å²) in [5.74, 6) is 0.519. The van der Waals surface area contributed by atoms with Gasteiger partial charge in [0.25, 0.3) is 0 Å². The van der Waals surface area contributed by atoms with Crippen LogP contribution in [0.3, 0.4) is 0 Å². The Morgan fingerprint density at radius 1 is 1.32 bits per heavy atom. The molecule has 116 valence electrons. The number of hydrogen-bond acceptors (Lipinski definition) is 3. The second-order valence-electron chi connectivity index (χ2n) is 4.63. The predicted octanol–water partition coefficient (Wildman–Crippen LogP) is 2.84. The highest BCUT2D eigenvalue weighted by atomic mass is 35.5. The lowest BCUT2D eigenvalue weighted by Crippen LogP contribution is -2.38. The molecule has 3 N–H and O–H groups in total. The van der Waals surface area contributed by atoms with Crippen molar-refractivity contribution in [3.8, 4) is 0 Å². The first-order chi connectivity index (χ1) is 10.5. The molecular weight excluding hydrogens is 322 g/mol. The lowest BCUT2D eigenvalue weighted by Gasteiger charge is -2.11. The Balaban J connectivity index is 1.72. The van der Waals surface area contributed by atoms with Gasteiger partial charge in [0.2, 0.25) is 5.91 Å². The van der Waals surface area contributed by atoms with Gasteiger partial charge in [0.15, 0.2) is 5.11 Å². The Hall–Kier alpha value is -2.05. The van der Waals surface area contributed by atoms with Crippen molar-refractivity contribution >= 4 is 40.5 Å². The molecule has 0 fully saturated rings. The highest BCUT2D eigenvalue weighted by molar-refractivity contribution is 7.80. The second-order valence-corrected chi connectivity index (χ2v) is 5.44. The number of thiocarbonyl (C=S) groups is 1. The molecule has 0 aliphatic carbocycles.